The van der Waals surface area contributed by atoms with Crippen LogP contribution in [-0.4, -0.2) is 54.5 Å². The van der Waals surface area contributed by atoms with Crippen LogP contribution in [0.1, 0.15) is 73.1 Å². The minimum atomic E-state index is -0.437. The van der Waals surface area contributed by atoms with Crippen molar-refractivity contribution >= 4 is 11.8 Å². The lowest BCUT2D eigenvalue weighted by atomic mass is 9.75. The van der Waals surface area contributed by atoms with Gasteiger partial charge in [-0.3, -0.25) is 9.59 Å². The summed E-state index contributed by atoms with van der Waals surface area (Å²) in [6.07, 6.45) is 1.87. The van der Waals surface area contributed by atoms with Gasteiger partial charge in [-0.1, -0.05) is 32.0 Å². The van der Waals surface area contributed by atoms with Crippen molar-refractivity contribution in [1.29, 1.82) is 0 Å². The summed E-state index contributed by atoms with van der Waals surface area (Å²) in [6.45, 7) is 11.5. The molecule has 0 bridgehead atoms. The van der Waals surface area contributed by atoms with E-state index in [-0.39, 0.29) is 17.9 Å². The van der Waals surface area contributed by atoms with E-state index in [1.54, 1.807) is 0 Å². The monoisotopic (exact) mass is 476 g/mol. The van der Waals surface area contributed by atoms with Gasteiger partial charge in [0.05, 0.1) is 25.2 Å². The molecule has 0 saturated carbocycles. The third-order valence-corrected chi connectivity index (χ3v) is 7.63. The van der Waals surface area contributed by atoms with E-state index >= 15 is 0 Å². The second-order valence-electron chi connectivity index (χ2n) is 10.3. The predicted molar refractivity (Wildman–Crippen MR) is 135 cm³/mol. The Kier molecular flexibility index (Phi) is 6.47. The SMILES string of the molecule is CCOc1cc2c(cc1OCC)[C@@H]1[C@H](C(=O)N3C[C@@H](C)C[C@H](C)C3)c3ccccc3C(=O)N1CC2. The molecule has 4 atom stereocenters. The number of hydrogen-bond donors (Lipinski definition) is 0. The average Bonchev–Trinajstić information content (AvgIpc) is 2.84. The molecule has 0 radical (unpaired) electrons. The van der Waals surface area contributed by atoms with Gasteiger partial charge in [-0.25, -0.2) is 0 Å². The van der Waals surface area contributed by atoms with Crippen LogP contribution in [0.25, 0.3) is 0 Å². The number of nitrogens with zero attached hydrogens (tertiary/aromatic N) is 2. The number of likely N-dealkylation sites (tertiary alicyclic amines) is 1. The molecule has 3 heterocycles. The van der Waals surface area contributed by atoms with Gasteiger partial charge in [-0.15, -0.1) is 0 Å². The molecule has 0 N–H and O–H groups in total. The first kappa shape index (κ1) is 23.7. The molecule has 0 aromatic heterocycles. The molecule has 2 aromatic carbocycles. The van der Waals surface area contributed by atoms with Crippen molar-refractivity contribution in [2.75, 3.05) is 32.8 Å². The number of carbonyl (C=O) groups excluding carboxylic acids is 2. The van der Waals surface area contributed by atoms with Crippen molar-refractivity contribution < 1.29 is 19.1 Å². The lowest BCUT2D eigenvalue weighted by molar-refractivity contribution is -0.137. The molecule has 1 fully saturated rings. The van der Waals surface area contributed by atoms with E-state index < -0.39 is 5.92 Å². The summed E-state index contributed by atoms with van der Waals surface area (Å²) in [5.74, 6) is 2.03. The smallest absolute Gasteiger partial charge is 0.254 e. The second kappa shape index (κ2) is 9.56. The molecular weight excluding hydrogens is 440 g/mol. The van der Waals surface area contributed by atoms with E-state index in [1.807, 2.05) is 54.0 Å². The second-order valence-corrected chi connectivity index (χ2v) is 10.3. The Morgan fingerprint density at radius 3 is 2.31 bits per heavy atom. The van der Waals surface area contributed by atoms with Crippen LogP contribution in [0.3, 0.4) is 0 Å². The topological polar surface area (TPSA) is 59.1 Å². The lowest BCUT2D eigenvalue weighted by Crippen LogP contribution is -2.52. The predicted octanol–water partition coefficient (Wildman–Crippen LogP) is 4.83. The first-order valence-corrected chi connectivity index (χ1v) is 13.0. The van der Waals surface area contributed by atoms with Crippen LogP contribution in [0, 0.1) is 11.8 Å². The van der Waals surface area contributed by atoms with Gasteiger partial charge >= 0.3 is 0 Å². The minimum Gasteiger partial charge on any atom is -0.490 e. The Hall–Kier alpha value is -3.02. The molecule has 3 aliphatic rings. The van der Waals surface area contributed by atoms with Crippen molar-refractivity contribution in [3.63, 3.8) is 0 Å². The third kappa shape index (κ3) is 4.17. The highest BCUT2D eigenvalue weighted by molar-refractivity contribution is 6.01. The highest BCUT2D eigenvalue weighted by Gasteiger charge is 2.48. The highest BCUT2D eigenvalue weighted by Crippen LogP contribution is 2.49. The van der Waals surface area contributed by atoms with Crippen molar-refractivity contribution in [1.82, 2.24) is 9.80 Å². The molecule has 0 unspecified atom stereocenters. The van der Waals surface area contributed by atoms with Crippen LogP contribution in [-0.2, 0) is 11.2 Å². The first-order valence-electron chi connectivity index (χ1n) is 13.0. The largest absolute Gasteiger partial charge is 0.490 e. The summed E-state index contributed by atoms with van der Waals surface area (Å²) in [4.78, 5) is 31.9. The zero-order chi connectivity index (χ0) is 24.7. The van der Waals surface area contributed by atoms with Gasteiger partial charge < -0.3 is 19.3 Å². The van der Waals surface area contributed by atoms with Crippen LogP contribution < -0.4 is 9.47 Å². The van der Waals surface area contributed by atoms with Crippen molar-refractivity contribution in [2.45, 2.75) is 52.5 Å². The average molecular weight is 477 g/mol. The zero-order valence-corrected chi connectivity index (χ0v) is 21.3. The molecule has 5 rings (SSSR count). The van der Waals surface area contributed by atoms with E-state index in [4.69, 9.17) is 9.47 Å². The van der Waals surface area contributed by atoms with Gasteiger partial charge in [-0.05, 0) is 73.4 Å². The van der Waals surface area contributed by atoms with Gasteiger partial charge in [0, 0.05) is 25.2 Å². The number of piperidine rings is 1. The lowest BCUT2D eigenvalue weighted by Gasteiger charge is -2.47. The summed E-state index contributed by atoms with van der Waals surface area (Å²) in [6, 6.07) is 11.4. The van der Waals surface area contributed by atoms with Crippen LogP contribution in [0.2, 0.25) is 0 Å². The van der Waals surface area contributed by atoms with Gasteiger partial charge in [-0.2, -0.15) is 0 Å². The standard InChI is InChI=1S/C29H36N2O4/c1-5-34-24-14-20-11-12-31-27(23(20)15-25(24)35-6-2)26(21-9-7-8-10-22(21)28(31)32)29(33)30-16-18(3)13-19(4)17-30/h7-10,14-15,18-19,26-27H,5-6,11-13,16-17H2,1-4H3/t18-,19-,26+,27+/m0/s1. The first-order chi connectivity index (χ1) is 16.9. The summed E-state index contributed by atoms with van der Waals surface area (Å²) < 4.78 is 11.8. The molecule has 2 aromatic rings. The Labute approximate surface area is 208 Å². The molecule has 186 valence electrons. The summed E-state index contributed by atoms with van der Waals surface area (Å²) in [5.41, 5.74) is 3.62. The number of fused-ring (bicyclic) bond motifs is 4. The van der Waals surface area contributed by atoms with Gasteiger partial charge in [0.25, 0.3) is 5.91 Å². The summed E-state index contributed by atoms with van der Waals surface area (Å²) >= 11 is 0. The highest BCUT2D eigenvalue weighted by atomic mass is 16.5. The van der Waals surface area contributed by atoms with Crippen LogP contribution >= 0.6 is 0 Å². The Morgan fingerprint density at radius 2 is 1.63 bits per heavy atom. The summed E-state index contributed by atoms with van der Waals surface area (Å²) in [5, 5.41) is 0. The zero-order valence-electron chi connectivity index (χ0n) is 21.3. The number of benzene rings is 2. The van der Waals surface area contributed by atoms with Gasteiger partial charge in [0.1, 0.15) is 0 Å². The molecule has 35 heavy (non-hydrogen) atoms. The van der Waals surface area contributed by atoms with Crippen molar-refractivity contribution in [2.24, 2.45) is 11.8 Å². The fourth-order valence-electron chi connectivity index (χ4n) is 6.38. The number of ether oxygens (including phenoxy) is 2. The fraction of sp³-hybridized carbons (Fsp3) is 0.517. The van der Waals surface area contributed by atoms with E-state index in [0.717, 1.165) is 48.4 Å². The van der Waals surface area contributed by atoms with Crippen molar-refractivity contribution in [3.8, 4) is 11.5 Å². The number of rotatable bonds is 5. The maximum absolute atomic E-state index is 14.3. The minimum absolute atomic E-state index is 0.00697. The van der Waals surface area contributed by atoms with Crippen LogP contribution in [0.15, 0.2) is 36.4 Å². The van der Waals surface area contributed by atoms with E-state index in [0.29, 0.717) is 42.9 Å². The molecule has 2 amide bonds. The third-order valence-electron chi connectivity index (χ3n) is 7.63. The quantitative estimate of drug-likeness (QED) is 0.621. The Balaban J connectivity index is 1.65. The molecule has 3 aliphatic heterocycles. The van der Waals surface area contributed by atoms with E-state index in [9.17, 15) is 9.59 Å². The van der Waals surface area contributed by atoms with Gasteiger partial charge in [0.15, 0.2) is 11.5 Å². The fourth-order valence-corrected chi connectivity index (χ4v) is 6.38. The molecule has 1 saturated heterocycles. The summed E-state index contributed by atoms with van der Waals surface area (Å²) in [7, 11) is 0. The normalized spacial score (nSPS) is 25.4. The molecule has 0 aliphatic carbocycles. The molecule has 0 spiro atoms. The maximum atomic E-state index is 14.3. The van der Waals surface area contributed by atoms with Gasteiger partial charge in [0.2, 0.25) is 5.91 Å². The van der Waals surface area contributed by atoms with E-state index in [1.165, 1.54) is 0 Å². The van der Waals surface area contributed by atoms with Crippen LogP contribution in [0.5, 0.6) is 11.5 Å². The van der Waals surface area contributed by atoms with E-state index in [2.05, 4.69) is 19.9 Å². The Morgan fingerprint density at radius 1 is 0.971 bits per heavy atom. The maximum Gasteiger partial charge on any atom is 0.254 e. The van der Waals surface area contributed by atoms with Crippen LogP contribution in [0.4, 0.5) is 0 Å². The molecule has 6 heteroatoms. The number of carbonyl (C=O) groups is 2. The number of amides is 2. The Bertz CT molecular complexity index is 1120. The molecule has 6 nitrogen and oxygen atoms in total. The molecular formula is C29H36N2O4. The van der Waals surface area contributed by atoms with Crippen molar-refractivity contribution in [3.05, 3.63) is 58.7 Å². The number of hydrogen-bond acceptors (Lipinski definition) is 4.